The van der Waals surface area contributed by atoms with Crippen LogP contribution in [0, 0.1) is 32.6 Å². The lowest BCUT2D eigenvalue weighted by atomic mass is 9.91. The van der Waals surface area contributed by atoms with E-state index in [4.69, 9.17) is 0 Å². The molecule has 6 heteroatoms. The van der Waals surface area contributed by atoms with Crippen LogP contribution in [0.15, 0.2) is 18.2 Å². The van der Waals surface area contributed by atoms with E-state index in [9.17, 15) is 14.4 Å². The Hall–Kier alpha value is -2.89. The average Bonchev–Trinajstić information content (AvgIpc) is 2.96. The molecule has 1 aromatic carbocycles. The molecule has 0 bridgehead atoms. The summed E-state index contributed by atoms with van der Waals surface area (Å²) in [4.78, 5) is 42.7. The Balaban J connectivity index is 1.84. The minimum atomic E-state index is -0.323. The van der Waals surface area contributed by atoms with Crippen LogP contribution in [0.25, 0.3) is 0 Å². The molecule has 1 aromatic heterocycles. The molecule has 1 aliphatic heterocycles. The fraction of sp³-hybridized carbons (Fsp3) is 0.458. The van der Waals surface area contributed by atoms with Crippen molar-refractivity contribution in [3.05, 3.63) is 51.8 Å². The molecule has 2 atom stereocenters. The summed E-state index contributed by atoms with van der Waals surface area (Å²) in [6.07, 6.45) is 1.14. The summed E-state index contributed by atoms with van der Waals surface area (Å²) < 4.78 is 0. The highest BCUT2D eigenvalue weighted by atomic mass is 16.2. The van der Waals surface area contributed by atoms with Crippen molar-refractivity contribution in [1.29, 1.82) is 0 Å². The summed E-state index contributed by atoms with van der Waals surface area (Å²) in [6.45, 7) is 12.8. The molecule has 2 heterocycles. The number of benzene rings is 1. The van der Waals surface area contributed by atoms with Gasteiger partial charge in [-0.1, -0.05) is 19.9 Å². The molecule has 1 fully saturated rings. The SMILES string of the molecule is CC(=O)c1c(C)[nH]c(C(=O)Nc2cc(C(=O)N3C[C@@H](C)C[C@H](C)C3)ccc2C)c1C. The highest BCUT2D eigenvalue weighted by Gasteiger charge is 2.27. The van der Waals surface area contributed by atoms with Crippen molar-refractivity contribution in [3.8, 4) is 0 Å². The molecular formula is C24H31N3O3. The zero-order valence-electron chi connectivity index (χ0n) is 18.7. The number of likely N-dealkylation sites (tertiary alicyclic amines) is 1. The zero-order chi connectivity index (χ0) is 22.2. The van der Waals surface area contributed by atoms with Crippen LogP contribution >= 0.6 is 0 Å². The van der Waals surface area contributed by atoms with Gasteiger partial charge in [0.2, 0.25) is 0 Å². The quantitative estimate of drug-likeness (QED) is 0.729. The summed E-state index contributed by atoms with van der Waals surface area (Å²) in [5.41, 5.74) is 4.27. The molecule has 1 aliphatic rings. The number of anilines is 1. The summed E-state index contributed by atoms with van der Waals surface area (Å²) in [6, 6.07) is 5.42. The molecule has 6 nitrogen and oxygen atoms in total. The van der Waals surface area contributed by atoms with E-state index in [-0.39, 0.29) is 17.6 Å². The Bertz CT molecular complexity index is 995. The van der Waals surface area contributed by atoms with Crippen LogP contribution in [-0.2, 0) is 0 Å². The predicted octanol–water partition coefficient (Wildman–Crippen LogP) is 4.51. The third kappa shape index (κ3) is 4.32. The van der Waals surface area contributed by atoms with Gasteiger partial charge in [0.25, 0.3) is 11.8 Å². The zero-order valence-corrected chi connectivity index (χ0v) is 18.7. The minimum Gasteiger partial charge on any atom is -0.354 e. The highest BCUT2D eigenvalue weighted by Crippen LogP contribution is 2.25. The number of carbonyl (C=O) groups excluding carboxylic acids is 3. The number of aryl methyl sites for hydroxylation is 2. The smallest absolute Gasteiger partial charge is 0.272 e. The van der Waals surface area contributed by atoms with Crippen LogP contribution in [0.4, 0.5) is 5.69 Å². The van der Waals surface area contributed by atoms with E-state index in [2.05, 4.69) is 24.1 Å². The molecule has 160 valence electrons. The molecular weight excluding hydrogens is 378 g/mol. The molecule has 2 amide bonds. The lowest BCUT2D eigenvalue weighted by Crippen LogP contribution is -2.42. The molecule has 2 N–H and O–H groups in total. The number of H-pyrrole nitrogens is 1. The van der Waals surface area contributed by atoms with E-state index < -0.39 is 0 Å². The van der Waals surface area contributed by atoms with Gasteiger partial charge in [-0.15, -0.1) is 0 Å². The van der Waals surface area contributed by atoms with Crippen LogP contribution in [0.2, 0.25) is 0 Å². The minimum absolute atomic E-state index is 0.00494. The van der Waals surface area contributed by atoms with E-state index in [0.717, 1.165) is 25.1 Å². The number of ketones is 1. The second-order valence-corrected chi connectivity index (χ2v) is 8.82. The van der Waals surface area contributed by atoms with Gasteiger partial charge < -0.3 is 15.2 Å². The Morgan fingerprint density at radius 1 is 1.07 bits per heavy atom. The van der Waals surface area contributed by atoms with E-state index in [1.54, 1.807) is 19.9 Å². The van der Waals surface area contributed by atoms with Crippen molar-refractivity contribution >= 4 is 23.3 Å². The number of Topliss-reactive ketones (excluding diaryl/α,β-unsaturated/α-hetero) is 1. The summed E-state index contributed by atoms with van der Waals surface area (Å²) in [7, 11) is 0. The first kappa shape index (κ1) is 21.8. The molecule has 0 saturated carbocycles. The number of hydrogen-bond donors (Lipinski definition) is 2. The van der Waals surface area contributed by atoms with Gasteiger partial charge >= 0.3 is 0 Å². The van der Waals surface area contributed by atoms with Gasteiger partial charge in [-0.2, -0.15) is 0 Å². The van der Waals surface area contributed by atoms with Gasteiger partial charge in [0.1, 0.15) is 5.69 Å². The van der Waals surface area contributed by atoms with E-state index in [1.165, 1.54) is 6.92 Å². The van der Waals surface area contributed by atoms with Crippen LogP contribution in [0.3, 0.4) is 0 Å². The lowest BCUT2D eigenvalue weighted by molar-refractivity contribution is 0.0623. The van der Waals surface area contributed by atoms with Crippen molar-refractivity contribution in [1.82, 2.24) is 9.88 Å². The fourth-order valence-electron chi connectivity index (χ4n) is 4.59. The predicted molar refractivity (Wildman–Crippen MR) is 118 cm³/mol. The Morgan fingerprint density at radius 2 is 1.70 bits per heavy atom. The normalized spacial score (nSPS) is 18.9. The number of aromatic amines is 1. The van der Waals surface area contributed by atoms with Gasteiger partial charge in [-0.3, -0.25) is 14.4 Å². The van der Waals surface area contributed by atoms with Gasteiger partial charge in [-0.25, -0.2) is 0 Å². The molecule has 3 rings (SSSR count). The first-order valence-corrected chi connectivity index (χ1v) is 10.5. The molecule has 0 aliphatic carbocycles. The molecule has 1 saturated heterocycles. The molecule has 0 radical (unpaired) electrons. The number of nitrogens with zero attached hydrogens (tertiary/aromatic N) is 1. The van der Waals surface area contributed by atoms with Crippen LogP contribution in [0.5, 0.6) is 0 Å². The van der Waals surface area contributed by atoms with Gasteiger partial charge in [0.15, 0.2) is 5.78 Å². The monoisotopic (exact) mass is 409 g/mol. The van der Waals surface area contributed by atoms with E-state index in [0.29, 0.717) is 45.6 Å². The number of amides is 2. The van der Waals surface area contributed by atoms with Crippen LogP contribution in [0.1, 0.15) is 75.2 Å². The first-order chi connectivity index (χ1) is 14.1. The Morgan fingerprint density at radius 3 is 2.27 bits per heavy atom. The Kier molecular flexibility index (Phi) is 6.15. The number of aromatic nitrogens is 1. The fourth-order valence-corrected chi connectivity index (χ4v) is 4.59. The van der Waals surface area contributed by atoms with Crippen molar-refractivity contribution < 1.29 is 14.4 Å². The van der Waals surface area contributed by atoms with E-state index >= 15 is 0 Å². The standard InChI is InChI=1S/C24H31N3O3/c1-13-9-14(2)12-27(11-13)24(30)19-8-7-15(3)20(10-19)26-23(29)22-16(4)21(18(6)28)17(5)25-22/h7-8,10,13-14,25H,9,11-12H2,1-6H3,(H,26,29)/t13-,14-/m0/s1. The molecule has 0 unspecified atom stereocenters. The Labute approximate surface area is 178 Å². The maximum Gasteiger partial charge on any atom is 0.272 e. The lowest BCUT2D eigenvalue weighted by Gasteiger charge is -2.35. The molecule has 0 spiro atoms. The summed E-state index contributed by atoms with van der Waals surface area (Å²) >= 11 is 0. The number of nitrogens with one attached hydrogen (secondary N) is 2. The van der Waals surface area contributed by atoms with E-state index in [1.807, 2.05) is 24.0 Å². The number of piperidine rings is 1. The second-order valence-electron chi connectivity index (χ2n) is 8.82. The summed E-state index contributed by atoms with van der Waals surface area (Å²) in [5.74, 6) is 0.563. The molecule has 30 heavy (non-hydrogen) atoms. The number of carbonyl (C=O) groups is 3. The molecule has 2 aromatic rings. The second kappa shape index (κ2) is 8.46. The van der Waals surface area contributed by atoms with Crippen LogP contribution < -0.4 is 5.32 Å². The van der Waals surface area contributed by atoms with Crippen LogP contribution in [-0.4, -0.2) is 40.6 Å². The van der Waals surface area contributed by atoms with Gasteiger partial charge in [0.05, 0.1) is 0 Å². The van der Waals surface area contributed by atoms with Crippen molar-refractivity contribution in [3.63, 3.8) is 0 Å². The van der Waals surface area contributed by atoms with Gasteiger partial charge in [-0.05, 0) is 69.2 Å². The number of hydrogen-bond acceptors (Lipinski definition) is 3. The average molecular weight is 410 g/mol. The maximum atomic E-state index is 13.1. The largest absolute Gasteiger partial charge is 0.354 e. The topological polar surface area (TPSA) is 82.3 Å². The van der Waals surface area contributed by atoms with Crippen molar-refractivity contribution in [2.24, 2.45) is 11.8 Å². The number of rotatable bonds is 4. The van der Waals surface area contributed by atoms with Crippen molar-refractivity contribution in [2.45, 2.75) is 48.0 Å². The van der Waals surface area contributed by atoms with Crippen molar-refractivity contribution in [2.75, 3.05) is 18.4 Å². The maximum absolute atomic E-state index is 13.1. The first-order valence-electron chi connectivity index (χ1n) is 10.5. The summed E-state index contributed by atoms with van der Waals surface area (Å²) in [5, 5.41) is 2.91. The van der Waals surface area contributed by atoms with Gasteiger partial charge in [0, 0.05) is 35.6 Å². The third-order valence-corrected chi connectivity index (χ3v) is 5.91. The third-order valence-electron chi connectivity index (χ3n) is 5.91. The highest BCUT2D eigenvalue weighted by molar-refractivity contribution is 6.08.